The Morgan fingerprint density at radius 1 is 0.900 bits per heavy atom. The molecule has 5 heteroatoms. The second kappa shape index (κ2) is 7.98. The fourth-order valence-corrected chi connectivity index (χ4v) is 4.35. The number of imide groups is 1. The van der Waals surface area contributed by atoms with E-state index < -0.39 is 0 Å². The van der Waals surface area contributed by atoms with E-state index in [1.54, 1.807) is 0 Å². The van der Waals surface area contributed by atoms with Crippen LogP contribution in [0.25, 0.3) is 5.57 Å². The summed E-state index contributed by atoms with van der Waals surface area (Å²) in [5.74, 6) is -0.508. The van der Waals surface area contributed by atoms with Crippen LogP contribution in [0.5, 0.6) is 0 Å². The number of nitrogens with zero attached hydrogens (tertiary/aromatic N) is 2. The molecule has 30 heavy (non-hydrogen) atoms. The van der Waals surface area contributed by atoms with Gasteiger partial charge in [0.2, 0.25) is 0 Å². The van der Waals surface area contributed by atoms with Crippen LogP contribution in [0.1, 0.15) is 43.4 Å². The highest BCUT2D eigenvalue weighted by Crippen LogP contribution is 2.34. The molecule has 0 radical (unpaired) electrons. The van der Waals surface area contributed by atoms with E-state index in [9.17, 15) is 9.59 Å². The molecule has 0 aliphatic carbocycles. The van der Waals surface area contributed by atoms with Gasteiger partial charge < -0.3 is 10.2 Å². The van der Waals surface area contributed by atoms with Crippen LogP contribution in [0.2, 0.25) is 0 Å². The summed E-state index contributed by atoms with van der Waals surface area (Å²) in [4.78, 5) is 30.1. The molecule has 2 aliphatic heterocycles. The van der Waals surface area contributed by atoms with Crippen LogP contribution in [-0.2, 0) is 9.59 Å². The molecule has 0 aromatic heterocycles. The zero-order valence-corrected chi connectivity index (χ0v) is 18.2. The molecular weight excluding hydrogens is 374 g/mol. The Labute approximate surface area is 178 Å². The Morgan fingerprint density at radius 2 is 1.57 bits per heavy atom. The first kappa shape index (κ1) is 20.2. The number of nitrogens with one attached hydrogen (secondary N) is 1. The van der Waals surface area contributed by atoms with E-state index in [0.29, 0.717) is 11.3 Å². The van der Waals surface area contributed by atoms with Crippen molar-refractivity contribution in [2.24, 2.45) is 0 Å². The molecule has 2 amide bonds. The number of aryl methyl sites for hydroxylation is 2. The van der Waals surface area contributed by atoms with Crippen LogP contribution in [-0.4, -0.2) is 35.8 Å². The molecular formula is C25H29N3O2. The average molecular weight is 404 g/mol. The van der Waals surface area contributed by atoms with Gasteiger partial charge in [0.05, 0.1) is 5.57 Å². The van der Waals surface area contributed by atoms with Crippen LogP contribution in [0.15, 0.2) is 48.2 Å². The maximum Gasteiger partial charge on any atom is 0.278 e. The minimum absolute atomic E-state index is 0.206. The van der Waals surface area contributed by atoms with Crippen LogP contribution < -0.4 is 10.2 Å². The molecule has 0 saturated carbocycles. The van der Waals surface area contributed by atoms with Gasteiger partial charge in [0.1, 0.15) is 5.70 Å². The molecule has 5 nitrogen and oxygen atoms in total. The number of anilines is 2. The number of hydrogen-bond donors (Lipinski definition) is 1. The third kappa shape index (κ3) is 3.60. The lowest BCUT2D eigenvalue weighted by molar-refractivity contribution is -0.138. The quantitative estimate of drug-likeness (QED) is 0.747. The average Bonchev–Trinajstić information content (AvgIpc) is 3.31. The Bertz CT molecular complexity index is 1020. The lowest BCUT2D eigenvalue weighted by atomic mass is 9.97. The minimum Gasteiger partial charge on any atom is -0.372 e. The van der Waals surface area contributed by atoms with Crippen LogP contribution in [0.4, 0.5) is 11.4 Å². The standard InChI is InChI=1S/C25H29N3O2/c1-16(2)28-24(29)22(21-12-7-17(3)15-18(21)4)23(25(28)30)26-19-8-10-20(11-9-19)27-13-5-6-14-27/h7-12,15-16,26H,5-6,13-14H2,1-4H3. The predicted octanol–water partition coefficient (Wildman–Crippen LogP) is 4.50. The maximum atomic E-state index is 13.2. The van der Waals surface area contributed by atoms with E-state index in [4.69, 9.17) is 0 Å². The predicted molar refractivity (Wildman–Crippen MR) is 121 cm³/mol. The van der Waals surface area contributed by atoms with Crippen LogP contribution in [0.3, 0.4) is 0 Å². The van der Waals surface area contributed by atoms with Gasteiger partial charge in [0.15, 0.2) is 0 Å². The second-order valence-electron chi connectivity index (χ2n) is 8.51. The zero-order valence-electron chi connectivity index (χ0n) is 18.2. The smallest absolute Gasteiger partial charge is 0.278 e. The van der Waals surface area contributed by atoms with E-state index in [1.165, 1.54) is 23.4 Å². The summed E-state index contributed by atoms with van der Waals surface area (Å²) in [7, 11) is 0. The molecule has 0 atom stereocenters. The van der Waals surface area contributed by atoms with Crippen molar-refractivity contribution in [2.75, 3.05) is 23.3 Å². The van der Waals surface area contributed by atoms with Crippen LogP contribution >= 0.6 is 0 Å². The van der Waals surface area contributed by atoms with Crippen molar-refractivity contribution in [1.29, 1.82) is 0 Å². The Hall–Kier alpha value is -3.08. The van der Waals surface area contributed by atoms with Crippen molar-refractivity contribution in [3.63, 3.8) is 0 Å². The molecule has 2 aromatic carbocycles. The molecule has 1 saturated heterocycles. The number of hydrogen-bond acceptors (Lipinski definition) is 4. The Morgan fingerprint density at radius 3 is 2.17 bits per heavy atom. The summed E-state index contributed by atoms with van der Waals surface area (Å²) in [6.07, 6.45) is 2.46. The highest BCUT2D eigenvalue weighted by atomic mass is 16.2. The van der Waals surface area contributed by atoms with E-state index >= 15 is 0 Å². The molecule has 2 heterocycles. The number of amides is 2. The van der Waals surface area contributed by atoms with Crippen molar-refractivity contribution in [3.8, 4) is 0 Å². The molecule has 0 unspecified atom stereocenters. The van der Waals surface area contributed by atoms with Crippen molar-refractivity contribution < 1.29 is 9.59 Å². The maximum absolute atomic E-state index is 13.2. The molecule has 1 fully saturated rings. The zero-order chi connectivity index (χ0) is 21.4. The summed E-state index contributed by atoms with van der Waals surface area (Å²) in [5, 5.41) is 3.26. The van der Waals surface area contributed by atoms with Crippen molar-refractivity contribution in [2.45, 2.75) is 46.6 Å². The summed E-state index contributed by atoms with van der Waals surface area (Å²) < 4.78 is 0. The van der Waals surface area contributed by atoms with Gasteiger partial charge in [-0.1, -0.05) is 23.8 Å². The van der Waals surface area contributed by atoms with E-state index in [1.807, 2.05) is 58.0 Å². The van der Waals surface area contributed by atoms with Gasteiger partial charge in [-0.15, -0.1) is 0 Å². The molecule has 2 aliphatic rings. The molecule has 1 N–H and O–H groups in total. The van der Waals surface area contributed by atoms with Gasteiger partial charge in [-0.25, -0.2) is 0 Å². The van der Waals surface area contributed by atoms with Crippen molar-refractivity contribution >= 4 is 28.8 Å². The van der Waals surface area contributed by atoms with Gasteiger partial charge in [-0.05, 0) is 75.9 Å². The Balaban J connectivity index is 1.71. The summed E-state index contributed by atoms with van der Waals surface area (Å²) in [6.45, 7) is 9.91. The molecule has 0 bridgehead atoms. The van der Waals surface area contributed by atoms with E-state index in [0.717, 1.165) is 35.5 Å². The molecule has 0 spiro atoms. The molecule has 4 rings (SSSR count). The highest BCUT2D eigenvalue weighted by Gasteiger charge is 2.41. The highest BCUT2D eigenvalue weighted by molar-refractivity contribution is 6.36. The van der Waals surface area contributed by atoms with Crippen molar-refractivity contribution in [1.82, 2.24) is 4.90 Å². The number of benzene rings is 2. The van der Waals surface area contributed by atoms with Gasteiger partial charge in [-0.3, -0.25) is 14.5 Å². The Kier molecular flexibility index (Phi) is 5.37. The first-order chi connectivity index (χ1) is 14.4. The van der Waals surface area contributed by atoms with Gasteiger partial charge in [0, 0.05) is 30.5 Å². The number of carbonyl (C=O) groups is 2. The number of carbonyl (C=O) groups excluding carboxylic acids is 2. The van der Waals surface area contributed by atoms with Gasteiger partial charge in [0.25, 0.3) is 11.8 Å². The third-order valence-electron chi connectivity index (χ3n) is 5.89. The van der Waals surface area contributed by atoms with E-state index in [2.05, 4.69) is 22.3 Å². The second-order valence-corrected chi connectivity index (χ2v) is 8.51. The molecule has 156 valence electrons. The summed E-state index contributed by atoms with van der Waals surface area (Å²) in [5.41, 5.74) is 5.73. The third-order valence-corrected chi connectivity index (χ3v) is 5.89. The normalized spacial score (nSPS) is 17.0. The monoisotopic (exact) mass is 403 g/mol. The van der Waals surface area contributed by atoms with Crippen LogP contribution in [0, 0.1) is 13.8 Å². The molecule has 2 aromatic rings. The lowest BCUT2D eigenvalue weighted by Crippen LogP contribution is -2.38. The summed E-state index contributed by atoms with van der Waals surface area (Å²) >= 11 is 0. The van der Waals surface area contributed by atoms with Crippen molar-refractivity contribution in [3.05, 3.63) is 64.9 Å². The topological polar surface area (TPSA) is 52.7 Å². The SMILES string of the molecule is Cc1ccc(C2=C(Nc3ccc(N4CCCC4)cc3)C(=O)N(C(C)C)C2=O)c(C)c1. The fourth-order valence-electron chi connectivity index (χ4n) is 4.35. The largest absolute Gasteiger partial charge is 0.372 e. The lowest BCUT2D eigenvalue weighted by Gasteiger charge is -2.20. The van der Waals surface area contributed by atoms with E-state index in [-0.39, 0.29) is 17.9 Å². The summed E-state index contributed by atoms with van der Waals surface area (Å²) in [6, 6.07) is 13.9. The first-order valence-electron chi connectivity index (χ1n) is 10.7. The number of rotatable bonds is 5. The first-order valence-corrected chi connectivity index (χ1v) is 10.7. The van der Waals surface area contributed by atoms with Gasteiger partial charge >= 0.3 is 0 Å². The fraction of sp³-hybridized carbons (Fsp3) is 0.360. The van der Waals surface area contributed by atoms with Gasteiger partial charge in [-0.2, -0.15) is 0 Å². The minimum atomic E-state index is -0.270.